The number of hydrogen-bond donors (Lipinski definition) is 2. The van der Waals surface area contributed by atoms with Gasteiger partial charge in [-0.3, -0.25) is 4.79 Å². The Balaban J connectivity index is 0.00000264. The molecule has 1 aliphatic rings. The molecule has 23 heavy (non-hydrogen) atoms. The molecule has 0 unspecified atom stereocenters. The van der Waals surface area contributed by atoms with Crippen LogP contribution in [0.15, 0.2) is 24.3 Å². The Morgan fingerprint density at radius 2 is 1.91 bits per heavy atom. The van der Waals surface area contributed by atoms with E-state index in [0.717, 1.165) is 11.8 Å². The molecule has 0 radical (unpaired) electrons. The van der Waals surface area contributed by atoms with Crippen LogP contribution < -0.4 is 15.4 Å². The number of rotatable bonds is 5. The molecule has 0 bridgehead atoms. The molecule has 2 N–H and O–H groups in total. The fourth-order valence-electron chi connectivity index (χ4n) is 2.78. The SMILES string of the molecule is COc1ccccc1CNC(=O)C1(S(C)(=O)=O)CCNCC1.Cl. The van der Waals surface area contributed by atoms with Crippen LogP contribution in [0.25, 0.3) is 0 Å². The van der Waals surface area contributed by atoms with E-state index in [-0.39, 0.29) is 19.0 Å². The highest BCUT2D eigenvalue weighted by Gasteiger charge is 2.48. The van der Waals surface area contributed by atoms with Crippen LogP contribution >= 0.6 is 12.4 Å². The second-order valence-corrected chi connectivity index (χ2v) is 7.84. The summed E-state index contributed by atoms with van der Waals surface area (Å²) in [7, 11) is -1.93. The second-order valence-electron chi connectivity index (χ2n) is 5.51. The van der Waals surface area contributed by atoms with Gasteiger partial charge in [-0.1, -0.05) is 18.2 Å². The molecule has 1 aromatic rings. The van der Waals surface area contributed by atoms with Crippen molar-refractivity contribution in [1.82, 2.24) is 10.6 Å². The van der Waals surface area contributed by atoms with Crippen LogP contribution in [0.1, 0.15) is 18.4 Å². The summed E-state index contributed by atoms with van der Waals surface area (Å²) in [4.78, 5) is 12.6. The van der Waals surface area contributed by atoms with Gasteiger partial charge in [0.15, 0.2) is 14.6 Å². The number of hydrogen-bond acceptors (Lipinski definition) is 5. The van der Waals surface area contributed by atoms with Gasteiger partial charge in [-0.25, -0.2) is 8.42 Å². The average Bonchev–Trinajstić information content (AvgIpc) is 2.52. The van der Waals surface area contributed by atoms with Crippen molar-refractivity contribution in [2.45, 2.75) is 24.1 Å². The zero-order valence-electron chi connectivity index (χ0n) is 13.3. The lowest BCUT2D eigenvalue weighted by atomic mass is 9.95. The van der Waals surface area contributed by atoms with Crippen molar-refractivity contribution >= 4 is 28.2 Å². The van der Waals surface area contributed by atoms with Crippen LogP contribution in [-0.4, -0.2) is 45.5 Å². The minimum Gasteiger partial charge on any atom is -0.496 e. The van der Waals surface area contributed by atoms with Gasteiger partial charge in [-0.15, -0.1) is 12.4 Å². The molecule has 0 saturated carbocycles. The Kier molecular flexibility index (Phi) is 6.85. The topological polar surface area (TPSA) is 84.5 Å². The van der Waals surface area contributed by atoms with E-state index >= 15 is 0 Å². The lowest BCUT2D eigenvalue weighted by Gasteiger charge is -2.34. The summed E-state index contributed by atoms with van der Waals surface area (Å²) in [5.41, 5.74) is 0.816. The van der Waals surface area contributed by atoms with E-state index in [2.05, 4.69) is 10.6 Å². The number of nitrogens with one attached hydrogen (secondary N) is 2. The molecule has 1 amide bonds. The molecule has 1 fully saturated rings. The van der Waals surface area contributed by atoms with Crippen LogP contribution in [0.2, 0.25) is 0 Å². The highest BCUT2D eigenvalue weighted by Crippen LogP contribution is 2.28. The standard InChI is InChI=1S/C15H22N2O4S.ClH/c1-21-13-6-4-3-5-12(13)11-17-14(18)15(22(2,19)20)7-9-16-10-8-15;/h3-6,16H,7-11H2,1-2H3,(H,17,18);1H. The van der Waals surface area contributed by atoms with E-state index in [1.165, 1.54) is 0 Å². The van der Waals surface area contributed by atoms with Gasteiger partial charge >= 0.3 is 0 Å². The Morgan fingerprint density at radius 3 is 2.48 bits per heavy atom. The number of benzene rings is 1. The number of sulfone groups is 1. The van der Waals surface area contributed by atoms with E-state index in [4.69, 9.17) is 4.74 Å². The number of methoxy groups -OCH3 is 1. The van der Waals surface area contributed by atoms with Crippen LogP contribution in [0.4, 0.5) is 0 Å². The quantitative estimate of drug-likeness (QED) is 0.813. The summed E-state index contributed by atoms with van der Waals surface area (Å²) < 4.78 is 28.2. The highest BCUT2D eigenvalue weighted by atomic mass is 35.5. The zero-order valence-corrected chi connectivity index (χ0v) is 14.9. The predicted octanol–water partition coefficient (Wildman–Crippen LogP) is 0.900. The number of piperidine rings is 1. The molecule has 0 aliphatic carbocycles. The molecule has 130 valence electrons. The molecule has 8 heteroatoms. The first-order chi connectivity index (χ1) is 10.4. The van der Waals surface area contributed by atoms with Gasteiger partial charge in [0.1, 0.15) is 5.75 Å². The molecular weight excluding hydrogens is 340 g/mol. The lowest BCUT2D eigenvalue weighted by Crippen LogP contribution is -2.57. The minimum atomic E-state index is -3.49. The monoisotopic (exact) mass is 362 g/mol. The third-order valence-corrected chi connectivity index (χ3v) is 6.18. The first kappa shape index (κ1) is 19.7. The fourth-order valence-corrected chi connectivity index (χ4v) is 4.14. The van der Waals surface area contributed by atoms with E-state index in [1.54, 1.807) is 13.2 Å². The van der Waals surface area contributed by atoms with Crippen molar-refractivity contribution in [3.63, 3.8) is 0 Å². The molecule has 6 nitrogen and oxygen atoms in total. The normalized spacial score (nSPS) is 17.0. The van der Waals surface area contributed by atoms with Crippen molar-refractivity contribution < 1.29 is 17.9 Å². The molecule has 1 heterocycles. The highest BCUT2D eigenvalue weighted by molar-refractivity contribution is 7.92. The predicted molar refractivity (Wildman–Crippen MR) is 91.8 cm³/mol. The fraction of sp³-hybridized carbons (Fsp3) is 0.533. The summed E-state index contributed by atoms with van der Waals surface area (Å²) in [5, 5.41) is 5.86. The first-order valence-corrected chi connectivity index (χ1v) is 9.10. The van der Waals surface area contributed by atoms with E-state index < -0.39 is 20.5 Å². The van der Waals surface area contributed by atoms with Gasteiger partial charge in [0.05, 0.1) is 7.11 Å². The maximum absolute atomic E-state index is 12.6. The van der Waals surface area contributed by atoms with Crippen LogP contribution in [0.3, 0.4) is 0 Å². The van der Waals surface area contributed by atoms with Crippen molar-refractivity contribution in [3.05, 3.63) is 29.8 Å². The van der Waals surface area contributed by atoms with Gasteiger partial charge in [0.2, 0.25) is 5.91 Å². The summed E-state index contributed by atoms with van der Waals surface area (Å²) in [6, 6.07) is 7.34. The van der Waals surface area contributed by atoms with Gasteiger partial charge in [-0.2, -0.15) is 0 Å². The van der Waals surface area contributed by atoms with Crippen molar-refractivity contribution in [3.8, 4) is 5.75 Å². The second kappa shape index (κ2) is 7.99. The Morgan fingerprint density at radius 1 is 1.30 bits per heavy atom. The third kappa shape index (κ3) is 4.16. The number of amides is 1. The molecule has 0 spiro atoms. The largest absolute Gasteiger partial charge is 0.496 e. The first-order valence-electron chi connectivity index (χ1n) is 7.21. The number of ether oxygens (including phenoxy) is 1. The van der Waals surface area contributed by atoms with Gasteiger partial charge in [0.25, 0.3) is 0 Å². The van der Waals surface area contributed by atoms with E-state index in [0.29, 0.717) is 31.7 Å². The summed E-state index contributed by atoms with van der Waals surface area (Å²) in [6.45, 7) is 1.29. The maximum atomic E-state index is 12.6. The Hall–Kier alpha value is -1.31. The van der Waals surface area contributed by atoms with Crippen LogP contribution in [0.5, 0.6) is 5.75 Å². The van der Waals surface area contributed by atoms with Crippen molar-refractivity contribution in [2.75, 3.05) is 26.5 Å². The zero-order chi connectivity index (χ0) is 16.2. The molecule has 0 atom stereocenters. The van der Waals surface area contributed by atoms with Gasteiger partial charge in [0, 0.05) is 18.4 Å². The Labute approximate surface area is 143 Å². The number of carbonyl (C=O) groups excluding carboxylic acids is 1. The van der Waals surface area contributed by atoms with Crippen molar-refractivity contribution in [2.24, 2.45) is 0 Å². The van der Waals surface area contributed by atoms with E-state index in [1.807, 2.05) is 18.2 Å². The summed E-state index contributed by atoms with van der Waals surface area (Å²) in [6.07, 6.45) is 1.73. The lowest BCUT2D eigenvalue weighted by molar-refractivity contribution is -0.124. The average molecular weight is 363 g/mol. The summed E-state index contributed by atoms with van der Waals surface area (Å²) in [5.74, 6) is 0.240. The van der Waals surface area contributed by atoms with Crippen LogP contribution in [0, 0.1) is 0 Å². The number of carbonyl (C=O) groups is 1. The molecule has 0 aromatic heterocycles. The number of para-hydroxylation sites is 1. The molecule has 1 aromatic carbocycles. The number of halogens is 1. The van der Waals surface area contributed by atoms with Crippen molar-refractivity contribution in [1.29, 1.82) is 0 Å². The molecule has 2 rings (SSSR count). The van der Waals surface area contributed by atoms with Gasteiger partial charge in [-0.05, 0) is 32.0 Å². The van der Waals surface area contributed by atoms with Crippen LogP contribution in [-0.2, 0) is 21.2 Å². The smallest absolute Gasteiger partial charge is 0.241 e. The maximum Gasteiger partial charge on any atom is 0.241 e. The Bertz CT molecular complexity index is 643. The third-order valence-electron chi connectivity index (χ3n) is 4.17. The van der Waals surface area contributed by atoms with E-state index in [9.17, 15) is 13.2 Å². The minimum absolute atomic E-state index is 0. The summed E-state index contributed by atoms with van der Waals surface area (Å²) >= 11 is 0. The molecular formula is C15H23ClN2O4S. The van der Waals surface area contributed by atoms with Gasteiger partial charge < -0.3 is 15.4 Å². The molecule has 1 saturated heterocycles. The molecule has 1 aliphatic heterocycles.